The van der Waals surface area contributed by atoms with Crippen LogP contribution in [0.2, 0.25) is 0 Å². The number of hydrogen-bond donors (Lipinski definition) is 0. The van der Waals surface area contributed by atoms with Gasteiger partial charge in [0.05, 0.1) is 34.8 Å². The number of nitrogens with zero attached hydrogens (tertiary/aromatic N) is 4. The topological polar surface area (TPSA) is 43.6 Å². The minimum absolute atomic E-state index is 0.817. The van der Waals surface area contributed by atoms with Gasteiger partial charge in [-0.1, -0.05) is 24.3 Å². The highest BCUT2D eigenvalue weighted by molar-refractivity contribution is 9.10. The molecule has 0 radical (unpaired) electrons. The molecule has 0 N–H and O–H groups in total. The maximum atomic E-state index is 4.65. The molecule has 0 atom stereocenters. The Morgan fingerprint density at radius 2 is 1.64 bits per heavy atom. The van der Waals surface area contributed by atoms with Gasteiger partial charge in [0.2, 0.25) is 0 Å². The normalized spacial score (nSPS) is 11.0. The number of aromatic nitrogens is 4. The highest BCUT2D eigenvalue weighted by Gasteiger charge is 2.08. The average Bonchev–Trinajstić information content (AvgIpc) is 3.04. The predicted molar refractivity (Wildman–Crippen MR) is 89.8 cm³/mol. The van der Waals surface area contributed by atoms with Gasteiger partial charge in [0, 0.05) is 16.2 Å². The van der Waals surface area contributed by atoms with Gasteiger partial charge in [-0.2, -0.15) is 5.10 Å². The first-order valence-electron chi connectivity index (χ1n) is 6.83. The van der Waals surface area contributed by atoms with Crippen molar-refractivity contribution in [2.45, 2.75) is 0 Å². The molecule has 0 aliphatic rings. The largest absolute Gasteiger partial charge is 0.252 e. The van der Waals surface area contributed by atoms with E-state index in [1.54, 1.807) is 12.4 Å². The number of para-hydroxylation sites is 3. The second-order valence-electron chi connectivity index (χ2n) is 4.87. The lowest BCUT2D eigenvalue weighted by molar-refractivity contribution is 0.876. The first-order valence-corrected chi connectivity index (χ1v) is 7.62. The van der Waals surface area contributed by atoms with Crippen LogP contribution in [0, 0.1) is 0 Å². The Hall–Kier alpha value is -2.53. The van der Waals surface area contributed by atoms with E-state index in [1.165, 1.54) is 0 Å². The van der Waals surface area contributed by atoms with E-state index in [2.05, 4.69) is 31.0 Å². The zero-order chi connectivity index (χ0) is 14.9. The summed E-state index contributed by atoms with van der Waals surface area (Å²) in [6.07, 6.45) is 5.54. The van der Waals surface area contributed by atoms with Crippen LogP contribution in [-0.4, -0.2) is 19.7 Å². The number of hydrogen-bond acceptors (Lipinski definition) is 3. The summed E-state index contributed by atoms with van der Waals surface area (Å²) >= 11 is 3.54. The van der Waals surface area contributed by atoms with Crippen LogP contribution in [0.15, 0.2) is 71.6 Å². The van der Waals surface area contributed by atoms with E-state index in [1.807, 2.05) is 59.4 Å². The van der Waals surface area contributed by atoms with Crippen molar-refractivity contribution in [2.75, 3.05) is 0 Å². The van der Waals surface area contributed by atoms with E-state index >= 15 is 0 Å². The van der Waals surface area contributed by atoms with Gasteiger partial charge in [-0.25, -0.2) is 9.67 Å². The molecule has 4 rings (SSSR count). The molecule has 0 saturated carbocycles. The Labute approximate surface area is 135 Å². The van der Waals surface area contributed by atoms with Crippen LogP contribution < -0.4 is 0 Å². The van der Waals surface area contributed by atoms with E-state index in [9.17, 15) is 0 Å². The van der Waals surface area contributed by atoms with Gasteiger partial charge in [-0.15, -0.1) is 0 Å². The minimum Gasteiger partial charge on any atom is -0.252 e. The van der Waals surface area contributed by atoms with Gasteiger partial charge >= 0.3 is 0 Å². The van der Waals surface area contributed by atoms with Gasteiger partial charge in [-0.05, 0) is 40.2 Å². The van der Waals surface area contributed by atoms with Crippen LogP contribution in [0.5, 0.6) is 0 Å². The van der Waals surface area contributed by atoms with Crippen molar-refractivity contribution in [1.29, 1.82) is 0 Å². The number of halogens is 1. The molecular weight excluding hydrogens is 340 g/mol. The van der Waals surface area contributed by atoms with Gasteiger partial charge in [0.1, 0.15) is 0 Å². The smallest absolute Gasteiger partial charge is 0.0924 e. The number of rotatable bonds is 2. The van der Waals surface area contributed by atoms with E-state index in [-0.39, 0.29) is 0 Å². The van der Waals surface area contributed by atoms with Crippen molar-refractivity contribution in [3.05, 3.63) is 71.6 Å². The third-order valence-corrected chi connectivity index (χ3v) is 4.10. The summed E-state index contributed by atoms with van der Waals surface area (Å²) in [5.74, 6) is 0. The fraction of sp³-hybridized carbons (Fsp3) is 0. The van der Waals surface area contributed by atoms with Crippen LogP contribution in [0.4, 0.5) is 0 Å². The lowest BCUT2D eigenvalue weighted by Gasteiger charge is -2.03. The standard InChI is InChI=1S/C17H11BrN4/c18-13-5-1-4-8-17(13)22-11-12(9-20-22)16-10-19-14-6-2-3-7-15(14)21-16/h1-11H. The molecule has 0 fully saturated rings. The lowest BCUT2D eigenvalue weighted by Crippen LogP contribution is -1.94. The molecule has 4 nitrogen and oxygen atoms in total. The van der Waals surface area contributed by atoms with E-state index in [0.717, 1.165) is 32.5 Å². The molecule has 0 aliphatic carbocycles. The Bertz CT molecular complexity index is 961. The monoisotopic (exact) mass is 350 g/mol. The maximum Gasteiger partial charge on any atom is 0.0924 e. The minimum atomic E-state index is 0.817. The molecule has 22 heavy (non-hydrogen) atoms. The lowest BCUT2D eigenvalue weighted by atomic mass is 10.2. The quantitative estimate of drug-likeness (QED) is 0.542. The fourth-order valence-electron chi connectivity index (χ4n) is 2.32. The van der Waals surface area contributed by atoms with Crippen molar-refractivity contribution < 1.29 is 0 Å². The number of benzene rings is 2. The van der Waals surface area contributed by atoms with E-state index in [0.29, 0.717) is 0 Å². The van der Waals surface area contributed by atoms with E-state index < -0.39 is 0 Å². The summed E-state index contributed by atoms with van der Waals surface area (Å²) in [5.41, 5.74) is 4.52. The second-order valence-corrected chi connectivity index (χ2v) is 5.72. The van der Waals surface area contributed by atoms with Gasteiger partial charge in [0.15, 0.2) is 0 Å². The zero-order valence-corrected chi connectivity index (χ0v) is 13.1. The average molecular weight is 351 g/mol. The Balaban J connectivity index is 1.78. The van der Waals surface area contributed by atoms with Crippen LogP contribution in [0.25, 0.3) is 28.0 Å². The van der Waals surface area contributed by atoms with Crippen LogP contribution >= 0.6 is 15.9 Å². The summed E-state index contributed by atoms with van der Waals surface area (Å²) < 4.78 is 2.82. The number of fused-ring (bicyclic) bond motifs is 1. The molecule has 5 heteroatoms. The Kier molecular flexibility index (Phi) is 3.20. The van der Waals surface area contributed by atoms with Gasteiger partial charge < -0.3 is 0 Å². The summed E-state index contributed by atoms with van der Waals surface area (Å²) in [5, 5.41) is 4.42. The zero-order valence-electron chi connectivity index (χ0n) is 11.5. The third kappa shape index (κ3) is 2.29. The van der Waals surface area contributed by atoms with Crippen LogP contribution in [0.3, 0.4) is 0 Å². The summed E-state index contributed by atoms with van der Waals surface area (Å²) in [6, 6.07) is 15.8. The molecule has 0 unspecified atom stereocenters. The Morgan fingerprint density at radius 3 is 2.50 bits per heavy atom. The maximum absolute atomic E-state index is 4.65. The second kappa shape index (κ2) is 5.35. The molecule has 2 aromatic carbocycles. The predicted octanol–water partition coefficient (Wildman–Crippen LogP) is 4.25. The molecule has 0 bridgehead atoms. The highest BCUT2D eigenvalue weighted by atomic mass is 79.9. The first kappa shape index (κ1) is 13.2. The molecule has 0 aliphatic heterocycles. The summed E-state index contributed by atoms with van der Waals surface area (Å²) in [7, 11) is 0. The van der Waals surface area contributed by atoms with Gasteiger partial charge in [0.25, 0.3) is 0 Å². The molecule has 2 heterocycles. The molecule has 106 valence electrons. The first-order chi connectivity index (χ1) is 10.8. The van der Waals surface area contributed by atoms with E-state index in [4.69, 9.17) is 0 Å². The van der Waals surface area contributed by atoms with Crippen molar-refractivity contribution in [1.82, 2.24) is 19.7 Å². The van der Waals surface area contributed by atoms with Gasteiger partial charge in [-0.3, -0.25) is 4.98 Å². The Morgan fingerprint density at radius 1 is 0.864 bits per heavy atom. The van der Waals surface area contributed by atoms with Crippen LogP contribution in [0.1, 0.15) is 0 Å². The third-order valence-electron chi connectivity index (χ3n) is 3.43. The molecule has 0 saturated heterocycles. The summed E-state index contributed by atoms with van der Waals surface area (Å²) in [6.45, 7) is 0. The molecule has 2 aromatic heterocycles. The highest BCUT2D eigenvalue weighted by Crippen LogP contribution is 2.23. The molecule has 0 spiro atoms. The molecule has 0 amide bonds. The van der Waals surface area contributed by atoms with Crippen molar-refractivity contribution in [3.63, 3.8) is 0 Å². The van der Waals surface area contributed by atoms with Crippen molar-refractivity contribution in [2.24, 2.45) is 0 Å². The van der Waals surface area contributed by atoms with Crippen LogP contribution in [-0.2, 0) is 0 Å². The summed E-state index contributed by atoms with van der Waals surface area (Å²) in [4.78, 5) is 9.10. The van der Waals surface area contributed by atoms with Crippen molar-refractivity contribution in [3.8, 4) is 16.9 Å². The fourth-order valence-corrected chi connectivity index (χ4v) is 2.79. The SMILES string of the molecule is Brc1ccccc1-n1cc(-c2cnc3ccccc3n2)cn1. The van der Waals surface area contributed by atoms with Crippen molar-refractivity contribution >= 4 is 27.0 Å². The molecule has 4 aromatic rings. The molecular formula is C17H11BrN4.